The van der Waals surface area contributed by atoms with E-state index in [1.807, 2.05) is 43.2 Å². The maximum atomic E-state index is 8.95. The molecule has 2 N–H and O–H groups in total. The monoisotopic (exact) mass is 380 g/mol. The van der Waals surface area contributed by atoms with Crippen molar-refractivity contribution in [2.45, 2.75) is 38.5 Å². The van der Waals surface area contributed by atoms with Crippen molar-refractivity contribution in [2.24, 2.45) is 22.7 Å². The van der Waals surface area contributed by atoms with Gasteiger partial charge in [-0.3, -0.25) is 0 Å². The maximum absolute atomic E-state index is 8.95. The third kappa shape index (κ3) is 4.29. The molecular formula is C16H28O2S4. The summed E-state index contributed by atoms with van der Waals surface area (Å²) in [6.07, 6.45) is 8.79. The van der Waals surface area contributed by atoms with Gasteiger partial charge >= 0.3 is 0 Å². The standard InChI is InChI=1S/C16H28O2S4/c17-1-3-19-21-11-15-6-13-5-14(7-15)9-16(8-13,10-15)12-22-20-4-2-18/h13-14,17-18H,1-12H2. The molecule has 0 aromatic carbocycles. The molecule has 2 nitrogen and oxygen atoms in total. The van der Waals surface area contributed by atoms with Gasteiger partial charge in [0, 0.05) is 23.0 Å². The quantitative estimate of drug-likeness (QED) is 0.434. The van der Waals surface area contributed by atoms with E-state index in [2.05, 4.69) is 0 Å². The summed E-state index contributed by atoms with van der Waals surface area (Å²) in [7, 11) is 7.73. The first-order chi connectivity index (χ1) is 10.7. The molecule has 0 amide bonds. The predicted octanol–water partition coefficient (Wildman–Crippen LogP) is 4.32. The molecule has 4 aliphatic rings. The van der Waals surface area contributed by atoms with Crippen LogP contribution >= 0.6 is 43.2 Å². The Kier molecular flexibility index (Phi) is 6.70. The highest BCUT2D eigenvalue weighted by Crippen LogP contribution is 2.67. The summed E-state index contributed by atoms with van der Waals surface area (Å²) in [5.74, 6) is 6.28. The summed E-state index contributed by atoms with van der Waals surface area (Å²) >= 11 is 0. The normalized spacial score (nSPS) is 39.5. The average molecular weight is 381 g/mol. The second kappa shape index (κ2) is 8.13. The number of rotatable bonds is 10. The first-order valence-electron chi connectivity index (χ1n) is 8.40. The van der Waals surface area contributed by atoms with E-state index < -0.39 is 0 Å². The second-order valence-electron chi connectivity index (χ2n) is 7.58. The van der Waals surface area contributed by atoms with E-state index in [0.29, 0.717) is 24.0 Å². The summed E-state index contributed by atoms with van der Waals surface area (Å²) in [6, 6.07) is 0. The zero-order valence-corrected chi connectivity index (χ0v) is 16.4. The molecule has 128 valence electrons. The average Bonchev–Trinajstić information content (AvgIpc) is 2.47. The lowest BCUT2D eigenvalue weighted by atomic mass is 9.45. The van der Waals surface area contributed by atoms with Crippen molar-refractivity contribution in [1.29, 1.82) is 0 Å². The third-order valence-electron chi connectivity index (χ3n) is 5.55. The SMILES string of the molecule is OCCSSCC12CC3CC(C1)CC(CSSCCO)(C3)C2. The van der Waals surface area contributed by atoms with Crippen molar-refractivity contribution >= 4 is 43.2 Å². The topological polar surface area (TPSA) is 40.5 Å². The van der Waals surface area contributed by atoms with Gasteiger partial charge in [0.2, 0.25) is 0 Å². The Bertz CT molecular complexity index is 322. The van der Waals surface area contributed by atoms with Crippen molar-refractivity contribution in [3.8, 4) is 0 Å². The van der Waals surface area contributed by atoms with Gasteiger partial charge in [-0.2, -0.15) is 0 Å². The molecule has 4 bridgehead atoms. The highest BCUT2D eigenvalue weighted by molar-refractivity contribution is 8.77. The van der Waals surface area contributed by atoms with Crippen molar-refractivity contribution in [3.05, 3.63) is 0 Å². The Morgan fingerprint density at radius 3 is 1.59 bits per heavy atom. The summed E-state index contributed by atoms with van der Waals surface area (Å²) in [5.41, 5.74) is 1.19. The van der Waals surface area contributed by atoms with Crippen LogP contribution in [0.25, 0.3) is 0 Å². The van der Waals surface area contributed by atoms with E-state index in [0.717, 1.165) is 23.3 Å². The van der Waals surface area contributed by atoms with Crippen molar-refractivity contribution < 1.29 is 10.2 Å². The number of aliphatic hydroxyl groups excluding tert-OH is 2. The zero-order chi connectivity index (χ0) is 15.5. The molecule has 22 heavy (non-hydrogen) atoms. The van der Waals surface area contributed by atoms with Gasteiger partial charge < -0.3 is 10.2 Å². The Balaban J connectivity index is 1.57. The Hall–Kier alpha value is 1.32. The van der Waals surface area contributed by atoms with Crippen molar-refractivity contribution in [1.82, 2.24) is 0 Å². The molecule has 0 aromatic heterocycles. The fourth-order valence-corrected chi connectivity index (χ4v) is 10.4. The molecule has 0 aromatic rings. The maximum Gasteiger partial charge on any atom is 0.0530 e. The van der Waals surface area contributed by atoms with Gasteiger partial charge in [-0.05, 0) is 61.2 Å². The van der Waals surface area contributed by atoms with E-state index in [1.54, 1.807) is 0 Å². The van der Waals surface area contributed by atoms with Crippen LogP contribution in [0.3, 0.4) is 0 Å². The lowest BCUT2D eigenvalue weighted by Crippen LogP contribution is -2.53. The minimum atomic E-state index is 0.304. The molecular weight excluding hydrogens is 352 g/mol. The Labute approximate surface area is 150 Å². The molecule has 6 heteroatoms. The van der Waals surface area contributed by atoms with E-state index in [9.17, 15) is 0 Å². The molecule has 0 atom stereocenters. The van der Waals surface area contributed by atoms with Gasteiger partial charge in [-0.25, -0.2) is 0 Å². The molecule has 4 saturated carbocycles. The van der Waals surface area contributed by atoms with Crippen LogP contribution < -0.4 is 0 Å². The van der Waals surface area contributed by atoms with Gasteiger partial charge in [0.05, 0.1) is 13.2 Å². The largest absolute Gasteiger partial charge is 0.395 e. The first-order valence-corrected chi connectivity index (χ1v) is 13.4. The molecule has 0 heterocycles. The summed E-state index contributed by atoms with van der Waals surface area (Å²) in [4.78, 5) is 0. The molecule has 0 aliphatic heterocycles. The molecule has 0 radical (unpaired) electrons. The van der Waals surface area contributed by atoms with E-state index in [4.69, 9.17) is 10.2 Å². The summed E-state index contributed by atoms with van der Waals surface area (Å²) in [5, 5.41) is 17.9. The highest BCUT2D eigenvalue weighted by Gasteiger charge is 2.57. The van der Waals surface area contributed by atoms with Gasteiger partial charge in [0.1, 0.15) is 0 Å². The predicted molar refractivity (Wildman–Crippen MR) is 104 cm³/mol. The second-order valence-corrected chi connectivity index (χ2v) is 12.7. The smallest absolute Gasteiger partial charge is 0.0530 e. The van der Waals surface area contributed by atoms with Crippen LogP contribution in [0.1, 0.15) is 38.5 Å². The van der Waals surface area contributed by atoms with Crippen molar-refractivity contribution in [2.75, 3.05) is 36.2 Å². The lowest BCUT2D eigenvalue weighted by Gasteiger charge is -2.62. The van der Waals surface area contributed by atoms with Crippen LogP contribution in [0.4, 0.5) is 0 Å². The third-order valence-corrected chi connectivity index (χ3v) is 10.7. The minimum absolute atomic E-state index is 0.304. The number of aliphatic hydroxyl groups is 2. The highest BCUT2D eigenvalue weighted by atomic mass is 33.1. The van der Waals surface area contributed by atoms with E-state index in [1.165, 1.54) is 50.0 Å². The Morgan fingerprint density at radius 1 is 0.727 bits per heavy atom. The fraction of sp³-hybridized carbons (Fsp3) is 1.00. The molecule has 4 rings (SSSR count). The lowest BCUT2D eigenvalue weighted by molar-refractivity contribution is -0.0868. The van der Waals surface area contributed by atoms with Gasteiger partial charge in [0.25, 0.3) is 0 Å². The summed E-state index contributed by atoms with van der Waals surface area (Å²) in [6.45, 7) is 0.608. The molecule has 0 spiro atoms. The van der Waals surface area contributed by atoms with Gasteiger partial charge in [-0.1, -0.05) is 43.2 Å². The molecule has 0 saturated heterocycles. The number of hydrogen-bond donors (Lipinski definition) is 2. The zero-order valence-electron chi connectivity index (χ0n) is 13.2. The Morgan fingerprint density at radius 2 is 1.18 bits per heavy atom. The molecule has 0 unspecified atom stereocenters. The van der Waals surface area contributed by atoms with Crippen LogP contribution in [0.2, 0.25) is 0 Å². The first kappa shape index (κ1) is 18.1. The van der Waals surface area contributed by atoms with Gasteiger partial charge in [-0.15, -0.1) is 0 Å². The number of hydrogen-bond acceptors (Lipinski definition) is 6. The minimum Gasteiger partial charge on any atom is -0.395 e. The molecule has 4 aliphatic carbocycles. The van der Waals surface area contributed by atoms with Crippen LogP contribution in [-0.2, 0) is 0 Å². The molecule has 4 fully saturated rings. The van der Waals surface area contributed by atoms with E-state index in [-0.39, 0.29) is 0 Å². The fourth-order valence-electron chi connectivity index (χ4n) is 5.51. The van der Waals surface area contributed by atoms with Crippen LogP contribution in [-0.4, -0.2) is 46.4 Å². The van der Waals surface area contributed by atoms with Crippen LogP contribution in [0.15, 0.2) is 0 Å². The van der Waals surface area contributed by atoms with Crippen LogP contribution in [0, 0.1) is 22.7 Å². The summed E-state index contributed by atoms with van der Waals surface area (Å²) < 4.78 is 0. The van der Waals surface area contributed by atoms with Crippen LogP contribution in [0.5, 0.6) is 0 Å². The van der Waals surface area contributed by atoms with Crippen molar-refractivity contribution in [3.63, 3.8) is 0 Å². The van der Waals surface area contributed by atoms with Gasteiger partial charge in [0.15, 0.2) is 0 Å². The van der Waals surface area contributed by atoms with E-state index >= 15 is 0 Å².